The van der Waals surface area contributed by atoms with E-state index in [0.29, 0.717) is 16.3 Å². The highest BCUT2D eigenvalue weighted by molar-refractivity contribution is 6.33. The highest BCUT2D eigenvalue weighted by Gasteiger charge is 2.10. The molecule has 0 atom stereocenters. The molecule has 0 aliphatic heterocycles. The van der Waals surface area contributed by atoms with E-state index in [0.717, 1.165) is 0 Å². The number of nitrogen functional groups attached to an aromatic ring is 2. The van der Waals surface area contributed by atoms with E-state index in [9.17, 15) is 0 Å². The predicted molar refractivity (Wildman–Crippen MR) is 59.1 cm³/mol. The first-order chi connectivity index (χ1) is 7.18. The van der Waals surface area contributed by atoms with Crippen molar-refractivity contribution in [2.45, 2.75) is 0 Å². The molecule has 0 aliphatic carbocycles. The van der Waals surface area contributed by atoms with Gasteiger partial charge in [0.1, 0.15) is 5.69 Å². The highest BCUT2D eigenvalue weighted by Crippen LogP contribution is 2.28. The summed E-state index contributed by atoms with van der Waals surface area (Å²) in [4.78, 5) is 3.81. The molecule has 1 aromatic heterocycles. The molecule has 0 spiro atoms. The fourth-order valence-electron chi connectivity index (χ4n) is 1.20. The summed E-state index contributed by atoms with van der Waals surface area (Å²) in [6, 6.07) is 7.19. The molecule has 2 aromatic rings. The zero-order valence-electron chi connectivity index (χ0n) is 7.68. The smallest absolute Gasteiger partial charge is 0.242 e. The Morgan fingerprint density at radius 3 is 2.47 bits per heavy atom. The van der Waals surface area contributed by atoms with Crippen molar-refractivity contribution in [3.63, 3.8) is 0 Å². The number of nitrogens with zero attached hydrogens (tertiary/aromatic N) is 3. The minimum Gasteiger partial charge on any atom is -0.382 e. The summed E-state index contributed by atoms with van der Waals surface area (Å²) in [5, 5.41) is 8.04. The molecule has 6 heteroatoms. The molecule has 0 aliphatic rings. The van der Waals surface area contributed by atoms with E-state index in [4.69, 9.17) is 23.1 Å². The van der Waals surface area contributed by atoms with Crippen LogP contribution >= 0.6 is 11.6 Å². The van der Waals surface area contributed by atoms with Crippen molar-refractivity contribution < 1.29 is 0 Å². The van der Waals surface area contributed by atoms with Gasteiger partial charge in [0.25, 0.3) is 0 Å². The lowest BCUT2D eigenvalue weighted by Crippen LogP contribution is -2.04. The molecule has 15 heavy (non-hydrogen) atoms. The third-order valence-electron chi connectivity index (χ3n) is 1.86. The molecule has 1 heterocycles. The molecule has 0 amide bonds. The third-order valence-corrected chi connectivity index (χ3v) is 2.19. The molecular weight excluding hydrogens is 214 g/mol. The van der Waals surface area contributed by atoms with Crippen LogP contribution in [0.3, 0.4) is 0 Å². The average Bonchev–Trinajstić information content (AvgIpc) is 2.20. The number of aromatic nitrogens is 3. The van der Waals surface area contributed by atoms with E-state index < -0.39 is 0 Å². The first-order valence-corrected chi connectivity index (χ1v) is 4.57. The first kappa shape index (κ1) is 9.67. The maximum atomic E-state index is 5.99. The number of hydrogen-bond donors (Lipinski definition) is 2. The van der Waals surface area contributed by atoms with Gasteiger partial charge in [-0.15, -0.1) is 10.2 Å². The molecule has 0 radical (unpaired) electrons. The van der Waals surface area contributed by atoms with Crippen molar-refractivity contribution in [2.24, 2.45) is 0 Å². The van der Waals surface area contributed by atoms with Crippen LogP contribution in [0.5, 0.6) is 0 Å². The van der Waals surface area contributed by atoms with Gasteiger partial charge >= 0.3 is 0 Å². The minimum absolute atomic E-state index is 0.0447. The SMILES string of the molecule is Nc1nnc(-c2ccccc2Cl)c(N)n1. The van der Waals surface area contributed by atoms with Crippen LogP contribution in [-0.4, -0.2) is 15.2 Å². The fraction of sp³-hybridized carbons (Fsp3) is 0. The van der Waals surface area contributed by atoms with Gasteiger partial charge in [-0.25, -0.2) is 0 Å². The summed E-state index contributed by atoms with van der Waals surface area (Å²) >= 11 is 5.99. The number of hydrogen-bond acceptors (Lipinski definition) is 5. The average molecular weight is 222 g/mol. The topological polar surface area (TPSA) is 90.7 Å². The summed E-state index contributed by atoms with van der Waals surface area (Å²) in [5.41, 5.74) is 12.1. The Morgan fingerprint density at radius 2 is 1.80 bits per heavy atom. The molecule has 0 saturated carbocycles. The molecule has 1 aromatic carbocycles. The van der Waals surface area contributed by atoms with Gasteiger partial charge in [-0.2, -0.15) is 4.98 Å². The molecule has 0 bridgehead atoms. The molecule has 0 saturated heterocycles. The van der Waals surface area contributed by atoms with Crippen LogP contribution in [0.25, 0.3) is 11.3 Å². The summed E-state index contributed by atoms with van der Waals surface area (Å²) in [6.45, 7) is 0. The lowest BCUT2D eigenvalue weighted by molar-refractivity contribution is 1.000. The number of anilines is 2. The largest absolute Gasteiger partial charge is 0.382 e. The second-order valence-electron chi connectivity index (χ2n) is 2.88. The predicted octanol–water partition coefficient (Wildman–Crippen LogP) is 1.36. The molecule has 0 fully saturated rings. The summed E-state index contributed by atoms with van der Waals surface area (Å²) in [5.74, 6) is 0.263. The summed E-state index contributed by atoms with van der Waals surface area (Å²) in [6.07, 6.45) is 0. The molecule has 0 unspecified atom stereocenters. The zero-order chi connectivity index (χ0) is 10.8. The van der Waals surface area contributed by atoms with Gasteiger partial charge in [0.05, 0.1) is 5.02 Å². The van der Waals surface area contributed by atoms with E-state index in [1.807, 2.05) is 12.1 Å². The van der Waals surface area contributed by atoms with Crippen molar-refractivity contribution in [1.82, 2.24) is 15.2 Å². The Bertz CT molecular complexity index is 500. The van der Waals surface area contributed by atoms with Crippen LogP contribution in [0.1, 0.15) is 0 Å². The van der Waals surface area contributed by atoms with E-state index in [2.05, 4.69) is 15.2 Å². The Balaban J connectivity index is 2.60. The quantitative estimate of drug-likeness (QED) is 0.759. The Labute approximate surface area is 91.1 Å². The summed E-state index contributed by atoms with van der Waals surface area (Å²) in [7, 11) is 0. The van der Waals surface area contributed by atoms with Gasteiger partial charge in [0.15, 0.2) is 5.82 Å². The number of nitrogens with two attached hydrogens (primary N) is 2. The van der Waals surface area contributed by atoms with Gasteiger partial charge in [-0.1, -0.05) is 29.8 Å². The van der Waals surface area contributed by atoms with E-state index in [1.165, 1.54) is 0 Å². The second-order valence-corrected chi connectivity index (χ2v) is 3.29. The number of benzene rings is 1. The first-order valence-electron chi connectivity index (χ1n) is 4.19. The number of halogens is 1. The van der Waals surface area contributed by atoms with Crippen LogP contribution in [-0.2, 0) is 0 Å². The monoisotopic (exact) mass is 221 g/mol. The number of rotatable bonds is 1. The van der Waals surface area contributed by atoms with Crippen molar-refractivity contribution in [1.29, 1.82) is 0 Å². The van der Waals surface area contributed by atoms with Crippen molar-refractivity contribution >= 4 is 23.4 Å². The van der Waals surface area contributed by atoms with Crippen LogP contribution in [0.4, 0.5) is 11.8 Å². The van der Waals surface area contributed by atoms with Crippen molar-refractivity contribution in [3.8, 4) is 11.3 Å². The molecular formula is C9H8ClN5. The van der Waals surface area contributed by atoms with Crippen LogP contribution in [0.2, 0.25) is 5.02 Å². The minimum atomic E-state index is 0.0447. The third kappa shape index (κ3) is 1.82. The second kappa shape index (κ2) is 3.70. The maximum Gasteiger partial charge on any atom is 0.242 e. The van der Waals surface area contributed by atoms with Gasteiger partial charge in [-0.3, -0.25) is 0 Å². The van der Waals surface area contributed by atoms with Gasteiger partial charge in [-0.05, 0) is 6.07 Å². The lowest BCUT2D eigenvalue weighted by Gasteiger charge is -2.04. The Kier molecular flexibility index (Phi) is 2.39. The molecule has 2 rings (SSSR count). The van der Waals surface area contributed by atoms with E-state index >= 15 is 0 Å². The molecule has 76 valence electrons. The molecule has 5 nitrogen and oxygen atoms in total. The van der Waals surface area contributed by atoms with Crippen molar-refractivity contribution in [2.75, 3.05) is 11.5 Å². The van der Waals surface area contributed by atoms with Crippen LogP contribution < -0.4 is 11.5 Å². The van der Waals surface area contributed by atoms with Gasteiger partial charge < -0.3 is 11.5 Å². The van der Waals surface area contributed by atoms with E-state index in [-0.39, 0.29) is 11.8 Å². The molecule has 4 N–H and O–H groups in total. The standard InChI is InChI=1S/C9H8ClN5/c10-6-4-2-1-3-5(6)7-8(11)13-9(12)15-14-7/h1-4H,(H4,11,12,13,15). The van der Waals surface area contributed by atoms with Crippen LogP contribution in [0, 0.1) is 0 Å². The zero-order valence-corrected chi connectivity index (χ0v) is 8.44. The maximum absolute atomic E-state index is 5.99. The Hall–Kier alpha value is -1.88. The normalized spacial score (nSPS) is 10.2. The van der Waals surface area contributed by atoms with Gasteiger partial charge in [0.2, 0.25) is 5.95 Å². The van der Waals surface area contributed by atoms with Crippen LogP contribution in [0.15, 0.2) is 24.3 Å². The highest BCUT2D eigenvalue weighted by atomic mass is 35.5. The lowest BCUT2D eigenvalue weighted by atomic mass is 10.1. The Morgan fingerprint density at radius 1 is 1.07 bits per heavy atom. The van der Waals surface area contributed by atoms with Crippen molar-refractivity contribution in [3.05, 3.63) is 29.3 Å². The van der Waals surface area contributed by atoms with E-state index in [1.54, 1.807) is 12.1 Å². The van der Waals surface area contributed by atoms with Gasteiger partial charge in [0, 0.05) is 5.56 Å². The fourth-order valence-corrected chi connectivity index (χ4v) is 1.42. The summed E-state index contributed by atoms with van der Waals surface area (Å²) < 4.78 is 0.